The van der Waals surface area contributed by atoms with Crippen molar-refractivity contribution in [2.75, 3.05) is 0 Å². The zero-order valence-corrected chi connectivity index (χ0v) is 18.9. The van der Waals surface area contributed by atoms with E-state index in [1.54, 1.807) is 6.07 Å². The van der Waals surface area contributed by atoms with E-state index in [1.807, 2.05) is 80.1 Å². The minimum absolute atomic E-state index is 0.327. The third-order valence-corrected chi connectivity index (χ3v) is 5.49. The molecule has 0 aliphatic heterocycles. The number of para-hydroxylation sites is 1. The van der Waals surface area contributed by atoms with Crippen molar-refractivity contribution >= 4 is 27.5 Å². The number of carbonyl (C=O) groups excluding carboxylic acids is 1. The van der Waals surface area contributed by atoms with Gasteiger partial charge in [-0.3, -0.25) is 9.89 Å². The lowest BCUT2D eigenvalue weighted by Gasteiger charge is -2.04. The second-order valence-electron chi connectivity index (χ2n) is 7.11. The first kappa shape index (κ1) is 20.7. The molecule has 2 aromatic heterocycles. The van der Waals surface area contributed by atoms with Crippen molar-refractivity contribution < 1.29 is 4.79 Å². The molecule has 2 N–H and O–H groups in total. The van der Waals surface area contributed by atoms with Gasteiger partial charge < -0.3 is 0 Å². The average molecular weight is 477 g/mol. The summed E-state index contributed by atoms with van der Waals surface area (Å²) in [6, 6.07) is 19.3. The minimum atomic E-state index is -0.360. The Hall–Kier alpha value is -3.52. The van der Waals surface area contributed by atoms with Crippen LogP contribution in [0, 0.1) is 13.8 Å². The molecular formula is C23H21BrN6O. The van der Waals surface area contributed by atoms with Gasteiger partial charge in [-0.2, -0.15) is 15.3 Å². The van der Waals surface area contributed by atoms with Crippen LogP contribution in [0.3, 0.4) is 0 Å². The molecule has 8 heteroatoms. The molecule has 0 bridgehead atoms. The number of nitrogens with one attached hydrogen (secondary N) is 2. The van der Waals surface area contributed by atoms with E-state index in [9.17, 15) is 4.79 Å². The van der Waals surface area contributed by atoms with Crippen LogP contribution >= 0.6 is 15.9 Å². The van der Waals surface area contributed by atoms with Crippen LogP contribution in [-0.4, -0.2) is 31.6 Å². The Balaban J connectivity index is 1.54. The van der Waals surface area contributed by atoms with Gasteiger partial charge in [0, 0.05) is 10.0 Å². The molecular weight excluding hydrogens is 456 g/mol. The summed E-state index contributed by atoms with van der Waals surface area (Å²) in [6.07, 6.45) is 0. The second kappa shape index (κ2) is 8.69. The average Bonchev–Trinajstić information content (AvgIpc) is 3.37. The predicted molar refractivity (Wildman–Crippen MR) is 124 cm³/mol. The van der Waals surface area contributed by atoms with Gasteiger partial charge in [0.25, 0.3) is 5.91 Å². The molecule has 2 aromatic carbocycles. The highest BCUT2D eigenvalue weighted by molar-refractivity contribution is 9.10. The Bertz CT molecular complexity index is 1260. The SMILES string of the molecule is C/C(=N/NC(=O)c1cc(-c2c(C)nn(-c3ccccc3)c2C)n[nH]1)c1ccc(Br)cc1. The summed E-state index contributed by atoms with van der Waals surface area (Å²) in [7, 11) is 0. The number of aromatic nitrogens is 4. The van der Waals surface area contributed by atoms with Crippen LogP contribution in [0.15, 0.2) is 70.2 Å². The van der Waals surface area contributed by atoms with Gasteiger partial charge in [0.1, 0.15) is 5.69 Å². The number of aryl methyl sites for hydroxylation is 1. The van der Waals surface area contributed by atoms with Gasteiger partial charge in [0.05, 0.1) is 28.5 Å². The van der Waals surface area contributed by atoms with Gasteiger partial charge in [0.2, 0.25) is 0 Å². The van der Waals surface area contributed by atoms with Crippen LogP contribution in [-0.2, 0) is 0 Å². The van der Waals surface area contributed by atoms with Gasteiger partial charge in [0.15, 0.2) is 0 Å². The van der Waals surface area contributed by atoms with Crippen LogP contribution in [0.1, 0.15) is 34.4 Å². The number of benzene rings is 2. The molecule has 7 nitrogen and oxygen atoms in total. The smallest absolute Gasteiger partial charge is 0.272 e. The molecule has 0 spiro atoms. The number of hydrogen-bond donors (Lipinski definition) is 2. The fourth-order valence-corrected chi connectivity index (χ4v) is 3.61. The maximum Gasteiger partial charge on any atom is 0.289 e. The highest BCUT2D eigenvalue weighted by atomic mass is 79.9. The highest BCUT2D eigenvalue weighted by Crippen LogP contribution is 2.27. The predicted octanol–water partition coefficient (Wildman–Crippen LogP) is 4.80. The third kappa shape index (κ3) is 4.34. The summed E-state index contributed by atoms with van der Waals surface area (Å²) in [5.41, 5.74) is 8.86. The first-order valence-electron chi connectivity index (χ1n) is 9.72. The number of H-pyrrole nitrogens is 1. The van der Waals surface area contributed by atoms with Crippen molar-refractivity contribution in [3.8, 4) is 16.9 Å². The summed E-state index contributed by atoms with van der Waals surface area (Å²) in [5, 5.41) is 16.0. The van der Waals surface area contributed by atoms with E-state index < -0.39 is 0 Å². The van der Waals surface area contributed by atoms with E-state index in [0.717, 1.165) is 32.7 Å². The molecule has 0 atom stereocenters. The van der Waals surface area contributed by atoms with Crippen LogP contribution in [0.2, 0.25) is 0 Å². The molecule has 156 valence electrons. The lowest BCUT2D eigenvalue weighted by molar-refractivity contribution is 0.0950. The number of halogens is 1. The second-order valence-corrected chi connectivity index (χ2v) is 8.02. The van der Waals surface area contributed by atoms with Crippen molar-refractivity contribution in [1.82, 2.24) is 25.4 Å². The molecule has 4 rings (SSSR count). The topological polar surface area (TPSA) is 88.0 Å². The lowest BCUT2D eigenvalue weighted by Crippen LogP contribution is -2.19. The first-order valence-corrected chi connectivity index (χ1v) is 10.5. The van der Waals surface area contributed by atoms with Crippen molar-refractivity contribution in [2.24, 2.45) is 5.10 Å². The number of nitrogens with zero attached hydrogens (tertiary/aromatic N) is 4. The Morgan fingerprint density at radius 3 is 2.52 bits per heavy atom. The Labute approximate surface area is 188 Å². The van der Waals surface area contributed by atoms with Gasteiger partial charge in [-0.25, -0.2) is 10.1 Å². The van der Waals surface area contributed by atoms with Crippen LogP contribution < -0.4 is 5.43 Å². The van der Waals surface area contributed by atoms with Gasteiger partial charge in [-0.05, 0) is 56.7 Å². The fraction of sp³-hybridized carbons (Fsp3) is 0.130. The zero-order valence-electron chi connectivity index (χ0n) is 17.3. The number of hydrogen-bond acceptors (Lipinski definition) is 4. The number of rotatable bonds is 5. The number of carbonyl (C=O) groups is 1. The summed E-state index contributed by atoms with van der Waals surface area (Å²) in [4.78, 5) is 12.6. The summed E-state index contributed by atoms with van der Waals surface area (Å²) < 4.78 is 2.87. The van der Waals surface area contributed by atoms with E-state index in [0.29, 0.717) is 17.1 Å². The third-order valence-electron chi connectivity index (χ3n) is 4.96. The van der Waals surface area contributed by atoms with Crippen molar-refractivity contribution in [2.45, 2.75) is 20.8 Å². The molecule has 0 fully saturated rings. The maximum atomic E-state index is 12.6. The van der Waals surface area contributed by atoms with Gasteiger partial charge >= 0.3 is 0 Å². The fourth-order valence-electron chi connectivity index (χ4n) is 3.35. The minimum Gasteiger partial charge on any atom is -0.272 e. The monoisotopic (exact) mass is 476 g/mol. The molecule has 0 aliphatic rings. The molecule has 0 radical (unpaired) electrons. The Kier molecular flexibility index (Phi) is 5.81. The summed E-state index contributed by atoms with van der Waals surface area (Å²) >= 11 is 3.41. The van der Waals surface area contributed by atoms with Gasteiger partial charge in [-0.15, -0.1) is 0 Å². The number of aromatic amines is 1. The lowest BCUT2D eigenvalue weighted by atomic mass is 10.1. The molecule has 0 unspecified atom stereocenters. The maximum absolute atomic E-state index is 12.6. The van der Waals surface area contributed by atoms with Crippen molar-refractivity contribution in [3.05, 3.63) is 87.8 Å². The largest absolute Gasteiger partial charge is 0.289 e. The standard InChI is InChI=1S/C23H21BrN6O/c1-14(17-9-11-18(24)12-10-17)25-28-23(31)21-13-20(26-27-21)22-15(2)29-30(16(22)3)19-7-5-4-6-8-19/h4-13H,1-3H3,(H,26,27)(H,28,31)/b25-14-. The Morgan fingerprint density at radius 1 is 1.10 bits per heavy atom. The van der Waals surface area contributed by atoms with E-state index >= 15 is 0 Å². The zero-order chi connectivity index (χ0) is 22.0. The van der Waals surface area contributed by atoms with E-state index in [2.05, 4.69) is 41.8 Å². The van der Waals surface area contributed by atoms with Gasteiger partial charge in [-0.1, -0.05) is 46.3 Å². The van der Waals surface area contributed by atoms with Crippen LogP contribution in [0.4, 0.5) is 0 Å². The van der Waals surface area contributed by atoms with Crippen LogP contribution in [0.25, 0.3) is 16.9 Å². The van der Waals surface area contributed by atoms with Crippen molar-refractivity contribution in [1.29, 1.82) is 0 Å². The number of hydrazone groups is 1. The molecule has 31 heavy (non-hydrogen) atoms. The molecule has 4 aromatic rings. The molecule has 0 aliphatic carbocycles. The molecule has 2 heterocycles. The summed E-state index contributed by atoms with van der Waals surface area (Å²) in [5.74, 6) is -0.360. The van der Waals surface area contributed by atoms with Crippen LogP contribution in [0.5, 0.6) is 0 Å². The number of amides is 1. The molecule has 0 saturated carbocycles. The van der Waals surface area contributed by atoms with Crippen molar-refractivity contribution in [3.63, 3.8) is 0 Å². The van der Waals surface area contributed by atoms with E-state index in [-0.39, 0.29) is 5.91 Å². The normalized spacial score (nSPS) is 11.5. The molecule has 1 amide bonds. The van der Waals surface area contributed by atoms with E-state index in [4.69, 9.17) is 0 Å². The Morgan fingerprint density at radius 2 is 1.81 bits per heavy atom. The van der Waals surface area contributed by atoms with E-state index in [1.165, 1.54) is 0 Å². The molecule has 0 saturated heterocycles. The first-order chi connectivity index (χ1) is 14.9. The quantitative estimate of drug-likeness (QED) is 0.320. The summed E-state index contributed by atoms with van der Waals surface area (Å²) in [6.45, 7) is 5.76. The highest BCUT2D eigenvalue weighted by Gasteiger charge is 2.19.